The Morgan fingerprint density at radius 3 is 2.75 bits per heavy atom. The molecule has 112 valence electrons. The summed E-state index contributed by atoms with van der Waals surface area (Å²) >= 11 is 3.70. The van der Waals surface area contributed by atoms with E-state index in [1.807, 2.05) is 0 Å². The van der Waals surface area contributed by atoms with Gasteiger partial charge in [-0.2, -0.15) is 0 Å². The molecule has 1 aliphatic rings. The minimum absolute atomic E-state index is 0.632. The summed E-state index contributed by atoms with van der Waals surface area (Å²) in [6.45, 7) is 5.65. The van der Waals surface area contributed by atoms with Crippen LogP contribution in [0.2, 0.25) is 0 Å². The van der Waals surface area contributed by atoms with Crippen molar-refractivity contribution in [3.8, 4) is 0 Å². The van der Waals surface area contributed by atoms with Crippen molar-refractivity contribution in [2.45, 2.75) is 58.4 Å². The molecule has 20 heavy (non-hydrogen) atoms. The lowest BCUT2D eigenvalue weighted by atomic mass is 9.75. The van der Waals surface area contributed by atoms with Crippen molar-refractivity contribution < 1.29 is 0 Å². The minimum Gasteiger partial charge on any atom is -0.314 e. The molecule has 0 saturated heterocycles. The van der Waals surface area contributed by atoms with Crippen LogP contribution in [0, 0.1) is 11.8 Å². The number of likely N-dealkylation sites (N-methyl/N-ethyl adjacent to an activating group) is 1. The molecule has 0 radical (unpaired) electrons. The molecule has 1 fully saturated rings. The zero-order valence-corrected chi connectivity index (χ0v) is 14.5. The maximum atomic E-state index is 3.75. The van der Waals surface area contributed by atoms with E-state index in [9.17, 15) is 0 Å². The summed E-state index contributed by atoms with van der Waals surface area (Å²) in [5, 5.41) is 3.75. The average molecular weight is 338 g/mol. The van der Waals surface area contributed by atoms with Crippen molar-refractivity contribution >= 4 is 15.9 Å². The number of halogens is 1. The first-order valence-electron chi connectivity index (χ1n) is 8.21. The second kappa shape index (κ2) is 8.19. The number of hydrogen-bond acceptors (Lipinski definition) is 1. The summed E-state index contributed by atoms with van der Waals surface area (Å²) in [6, 6.07) is 9.30. The van der Waals surface area contributed by atoms with E-state index in [2.05, 4.69) is 59.4 Å². The van der Waals surface area contributed by atoms with Gasteiger partial charge in [-0.05, 0) is 49.3 Å². The summed E-state index contributed by atoms with van der Waals surface area (Å²) < 4.78 is 1.26. The zero-order chi connectivity index (χ0) is 14.4. The van der Waals surface area contributed by atoms with Gasteiger partial charge < -0.3 is 5.32 Å². The van der Waals surface area contributed by atoms with Crippen LogP contribution in [-0.2, 0) is 6.42 Å². The van der Waals surface area contributed by atoms with Crippen molar-refractivity contribution in [2.24, 2.45) is 11.8 Å². The fourth-order valence-corrected chi connectivity index (χ4v) is 4.08. The largest absolute Gasteiger partial charge is 0.314 e. The van der Waals surface area contributed by atoms with Crippen molar-refractivity contribution in [2.75, 3.05) is 6.54 Å². The number of nitrogens with one attached hydrogen (secondary N) is 1. The third kappa shape index (κ3) is 4.33. The van der Waals surface area contributed by atoms with Gasteiger partial charge in [0, 0.05) is 10.5 Å². The van der Waals surface area contributed by atoms with E-state index in [0.29, 0.717) is 6.04 Å². The van der Waals surface area contributed by atoms with Gasteiger partial charge in [0.05, 0.1) is 0 Å². The van der Waals surface area contributed by atoms with Crippen LogP contribution in [0.5, 0.6) is 0 Å². The minimum atomic E-state index is 0.632. The van der Waals surface area contributed by atoms with E-state index in [-0.39, 0.29) is 0 Å². The number of benzene rings is 1. The van der Waals surface area contributed by atoms with E-state index >= 15 is 0 Å². The van der Waals surface area contributed by atoms with E-state index < -0.39 is 0 Å². The Hall–Kier alpha value is -0.340. The molecule has 1 aliphatic carbocycles. The Morgan fingerprint density at radius 2 is 2.05 bits per heavy atom. The highest BCUT2D eigenvalue weighted by Crippen LogP contribution is 2.34. The SMILES string of the molecule is CCNC(Cc1ccccc1Br)C1CCCC(CC)C1. The van der Waals surface area contributed by atoms with Gasteiger partial charge in [-0.15, -0.1) is 0 Å². The van der Waals surface area contributed by atoms with Gasteiger partial charge in [-0.3, -0.25) is 0 Å². The smallest absolute Gasteiger partial charge is 0.0207 e. The molecule has 0 bridgehead atoms. The molecule has 0 spiro atoms. The van der Waals surface area contributed by atoms with Gasteiger partial charge in [-0.25, -0.2) is 0 Å². The summed E-state index contributed by atoms with van der Waals surface area (Å²) in [6.07, 6.45) is 8.18. The number of rotatable bonds is 6. The quantitative estimate of drug-likeness (QED) is 0.753. The highest BCUT2D eigenvalue weighted by Gasteiger charge is 2.27. The molecular formula is C18H28BrN. The fraction of sp³-hybridized carbons (Fsp3) is 0.667. The number of hydrogen-bond donors (Lipinski definition) is 1. The van der Waals surface area contributed by atoms with Crippen molar-refractivity contribution in [3.63, 3.8) is 0 Å². The topological polar surface area (TPSA) is 12.0 Å². The van der Waals surface area contributed by atoms with Crippen LogP contribution in [0.3, 0.4) is 0 Å². The second-order valence-corrected chi connectivity index (χ2v) is 7.02. The van der Waals surface area contributed by atoms with E-state index in [1.54, 1.807) is 0 Å². The van der Waals surface area contributed by atoms with E-state index in [1.165, 1.54) is 42.1 Å². The lowest BCUT2D eigenvalue weighted by Gasteiger charge is -2.35. The molecule has 1 aromatic carbocycles. The molecular weight excluding hydrogens is 310 g/mol. The molecule has 1 N–H and O–H groups in total. The van der Waals surface area contributed by atoms with Gasteiger partial charge in [-0.1, -0.05) is 67.2 Å². The van der Waals surface area contributed by atoms with Gasteiger partial charge in [0.1, 0.15) is 0 Å². The maximum Gasteiger partial charge on any atom is 0.0207 e. The molecule has 0 aromatic heterocycles. The van der Waals surface area contributed by atoms with Crippen LogP contribution in [-0.4, -0.2) is 12.6 Å². The van der Waals surface area contributed by atoms with Crippen LogP contribution in [0.15, 0.2) is 28.7 Å². The molecule has 2 rings (SSSR count). The molecule has 0 amide bonds. The molecule has 0 aliphatic heterocycles. The maximum absolute atomic E-state index is 3.75. The Kier molecular flexibility index (Phi) is 6.57. The predicted octanol–water partition coefficient (Wildman–Crippen LogP) is 5.19. The van der Waals surface area contributed by atoms with Crippen molar-refractivity contribution in [1.82, 2.24) is 5.32 Å². The average Bonchev–Trinajstić information content (AvgIpc) is 2.49. The van der Waals surface area contributed by atoms with Crippen LogP contribution in [0.4, 0.5) is 0 Å². The molecule has 3 atom stereocenters. The van der Waals surface area contributed by atoms with Crippen LogP contribution < -0.4 is 5.32 Å². The normalized spacial score (nSPS) is 24.6. The third-order valence-electron chi connectivity index (χ3n) is 4.83. The summed E-state index contributed by atoms with van der Waals surface area (Å²) in [5.74, 6) is 1.80. The first-order valence-corrected chi connectivity index (χ1v) is 9.00. The molecule has 1 nitrogen and oxygen atoms in total. The van der Waals surface area contributed by atoms with E-state index in [4.69, 9.17) is 0 Å². The second-order valence-electron chi connectivity index (χ2n) is 6.16. The zero-order valence-electron chi connectivity index (χ0n) is 12.9. The fourth-order valence-electron chi connectivity index (χ4n) is 3.64. The lowest BCUT2D eigenvalue weighted by Crippen LogP contribution is -2.40. The summed E-state index contributed by atoms with van der Waals surface area (Å²) in [4.78, 5) is 0. The van der Waals surface area contributed by atoms with Crippen LogP contribution in [0.1, 0.15) is 51.5 Å². The summed E-state index contributed by atoms with van der Waals surface area (Å²) in [5.41, 5.74) is 1.44. The van der Waals surface area contributed by atoms with Gasteiger partial charge in [0.2, 0.25) is 0 Å². The molecule has 0 heterocycles. The van der Waals surface area contributed by atoms with E-state index in [0.717, 1.165) is 24.8 Å². The Labute approximate surface area is 132 Å². The molecule has 1 aromatic rings. The summed E-state index contributed by atoms with van der Waals surface area (Å²) in [7, 11) is 0. The highest BCUT2D eigenvalue weighted by atomic mass is 79.9. The molecule has 3 unspecified atom stereocenters. The van der Waals surface area contributed by atoms with Gasteiger partial charge >= 0.3 is 0 Å². The Bertz CT molecular complexity index is 404. The van der Waals surface area contributed by atoms with Crippen LogP contribution in [0.25, 0.3) is 0 Å². The highest BCUT2D eigenvalue weighted by molar-refractivity contribution is 9.10. The van der Waals surface area contributed by atoms with Gasteiger partial charge in [0.25, 0.3) is 0 Å². The monoisotopic (exact) mass is 337 g/mol. The molecule has 1 saturated carbocycles. The van der Waals surface area contributed by atoms with Gasteiger partial charge in [0.15, 0.2) is 0 Å². The standard InChI is InChI=1S/C18H28BrN/c1-3-14-8-7-10-16(12-14)18(20-4-2)13-15-9-5-6-11-17(15)19/h5-6,9,11,14,16,18,20H,3-4,7-8,10,12-13H2,1-2H3. The van der Waals surface area contributed by atoms with Crippen molar-refractivity contribution in [1.29, 1.82) is 0 Å². The predicted molar refractivity (Wildman–Crippen MR) is 91.0 cm³/mol. The molecule has 2 heteroatoms. The van der Waals surface area contributed by atoms with Crippen molar-refractivity contribution in [3.05, 3.63) is 34.3 Å². The Morgan fingerprint density at radius 1 is 1.25 bits per heavy atom. The third-order valence-corrected chi connectivity index (χ3v) is 5.61. The Balaban J connectivity index is 2.04. The first-order chi connectivity index (χ1) is 9.74. The first kappa shape index (κ1) is 16.0. The lowest BCUT2D eigenvalue weighted by molar-refractivity contribution is 0.208. The van der Waals surface area contributed by atoms with Crippen LogP contribution >= 0.6 is 15.9 Å².